The molecule has 0 heterocycles. The Balaban J connectivity index is 2.74. The molecular weight excluding hydrogens is 216 g/mol. The zero-order valence-corrected chi connectivity index (χ0v) is 8.96. The molecule has 3 nitrogen and oxygen atoms in total. The minimum absolute atomic E-state index is 0.267. The Morgan fingerprint density at radius 2 is 1.76 bits per heavy atom. The van der Waals surface area contributed by atoms with E-state index in [9.17, 15) is 9.59 Å². The van der Waals surface area contributed by atoms with Gasteiger partial charge < -0.3 is 5.11 Å². The second kappa shape index (κ2) is 4.61. The van der Waals surface area contributed by atoms with Gasteiger partial charge in [0.15, 0.2) is 0 Å². The first-order valence-electron chi connectivity index (χ1n) is 5.11. The summed E-state index contributed by atoms with van der Waals surface area (Å²) in [5, 5.41) is 10.6. The van der Waals surface area contributed by atoms with Gasteiger partial charge in [-0.05, 0) is 28.5 Å². The van der Waals surface area contributed by atoms with Crippen LogP contribution in [0.4, 0.5) is 0 Å². The molecule has 3 heteroatoms. The van der Waals surface area contributed by atoms with Crippen LogP contribution in [0.15, 0.2) is 42.5 Å². The number of hydrogen-bond acceptors (Lipinski definition) is 2. The summed E-state index contributed by atoms with van der Waals surface area (Å²) in [6, 6.07) is 10.5. The normalized spacial score (nSPS) is 10.8. The molecule has 2 rings (SSSR count). The smallest absolute Gasteiger partial charge is 0.336 e. The molecule has 2 aromatic rings. The number of benzene rings is 2. The average molecular weight is 226 g/mol. The van der Waals surface area contributed by atoms with Crippen LogP contribution < -0.4 is 0 Å². The number of fused-ring (bicyclic) bond motifs is 1. The SMILES string of the molecule is O=CC=Cc1cccc2c(C(=O)O)cccc12. The van der Waals surface area contributed by atoms with E-state index in [2.05, 4.69) is 0 Å². The highest BCUT2D eigenvalue weighted by atomic mass is 16.4. The van der Waals surface area contributed by atoms with Crippen molar-refractivity contribution in [2.75, 3.05) is 0 Å². The van der Waals surface area contributed by atoms with E-state index in [4.69, 9.17) is 5.11 Å². The zero-order chi connectivity index (χ0) is 12.3. The van der Waals surface area contributed by atoms with Crippen molar-refractivity contribution in [3.05, 3.63) is 53.6 Å². The molecule has 2 aromatic carbocycles. The molecule has 0 aliphatic rings. The lowest BCUT2D eigenvalue weighted by Crippen LogP contribution is -1.97. The highest BCUT2D eigenvalue weighted by Crippen LogP contribution is 2.23. The van der Waals surface area contributed by atoms with Crippen molar-refractivity contribution < 1.29 is 14.7 Å². The van der Waals surface area contributed by atoms with Crippen LogP contribution >= 0.6 is 0 Å². The molecule has 0 unspecified atom stereocenters. The summed E-state index contributed by atoms with van der Waals surface area (Å²) in [5.74, 6) is -0.952. The van der Waals surface area contributed by atoms with Gasteiger partial charge in [0.1, 0.15) is 6.29 Å². The number of aromatic carboxylic acids is 1. The maximum atomic E-state index is 11.1. The van der Waals surface area contributed by atoms with Crippen molar-refractivity contribution in [2.45, 2.75) is 0 Å². The maximum absolute atomic E-state index is 11.1. The largest absolute Gasteiger partial charge is 0.478 e. The number of carboxylic acid groups (broad SMARTS) is 1. The first-order chi connectivity index (χ1) is 8.24. The molecule has 0 radical (unpaired) electrons. The fraction of sp³-hybridized carbons (Fsp3) is 0. The van der Waals surface area contributed by atoms with Gasteiger partial charge in [0, 0.05) is 0 Å². The van der Waals surface area contributed by atoms with Gasteiger partial charge in [0.2, 0.25) is 0 Å². The highest BCUT2D eigenvalue weighted by Gasteiger charge is 2.08. The van der Waals surface area contributed by atoms with E-state index in [1.807, 2.05) is 12.1 Å². The van der Waals surface area contributed by atoms with Gasteiger partial charge >= 0.3 is 5.97 Å². The summed E-state index contributed by atoms with van der Waals surface area (Å²) in [5.41, 5.74) is 1.10. The molecule has 0 atom stereocenters. The second-order valence-electron chi connectivity index (χ2n) is 3.55. The Labute approximate surface area is 98.0 Å². The molecule has 0 saturated heterocycles. The van der Waals surface area contributed by atoms with Crippen LogP contribution in [0.25, 0.3) is 16.8 Å². The Kier molecular flexibility index (Phi) is 3.01. The fourth-order valence-electron chi connectivity index (χ4n) is 1.81. The molecule has 0 spiro atoms. The molecule has 1 N–H and O–H groups in total. The van der Waals surface area contributed by atoms with Crippen molar-refractivity contribution >= 4 is 29.1 Å². The summed E-state index contributed by atoms with van der Waals surface area (Å²) in [6.07, 6.45) is 3.75. The van der Waals surface area contributed by atoms with Crippen LogP contribution in [-0.2, 0) is 4.79 Å². The van der Waals surface area contributed by atoms with E-state index >= 15 is 0 Å². The predicted molar refractivity (Wildman–Crippen MR) is 66.0 cm³/mol. The maximum Gasteiger partial charge on any atom is 0.336 e. The van der Waals surface area contributed by atoms with Crippen LogP contribution in [0.3, 0.4) is 0 Å². The minimum Gasteiger partial charge on any atom is -0.478 e. The Bertz CT molecular complexity index is 612. The monoisotopic (exact) mass is 226 g/mol. The van der Waals surface area contributed by atoms with Gasteiger partial charge in [0.25, 0.3) is 0 Å². The van der Waals surface area contributed by atoms with Crippen LogP contribution in [0, 0.1) is 0 Å². The van der Waals surface area contributed by atoms with Gasteiger partial charge in [-0.2, -0.15) is 0 Å². The van der Waals surface area contributed by atoms with E-state index in [0.717, 1.165) is 10.9 Å². The quantitative estimate of drug-likeness (QED) is 0.646. The number of carboxylic acids is 1. The van der Waals surface area contributed by atoms with Gasteiger partial charge in [0.05, 0.1) is 5.56 Å². The summed E-state index contributed by atoms with van der Waals surface area (Å²) >= 11 is 0. The summed E-state index contributed by atoms with van der Waals surface area (Å²) in [4.78, 5) is 21.4. The van der Waals surface area contributed by atoms with Gasteiger partial charge in [-0.25, -0.2) is 4.79 Å². The lowest BCUT2D eigenvalue weighted by molar-refractivity contribution is -0.104. The molecule has 0 saturated carbocycles. The van der Waals surface area contributed by atoms with E-state index in [1.54, 1.807) is 30.3 Å². The van der Waals surface area contributed by atoms with Gasteiger partial charge in [-0.1, -0.05) is 36.4 Å². The lowest BCUT2D eigenvalue weighted by atomic mass is 10.00. The highest BCUT2D eigenvalue weighted by molar-refractivity contribution is 6.06. The van der Waals surface area contributed by atoms with Crippen LogP contribution in [0.1, 0.15) is 15.9 Å². The van der Waals surface area contributed by atoms with Gasteiger partial charge in [-0.15, -0.1) is 0 Å². The number of rotatable bonds is 3. The summed E-state index contributed by atoms with van der Waals surface area (Å²) in [6.45, 7) is 0. The number of carbonyl (C=O) groups is 2. The van der Waals surface area contributed by atoms with Gasteiger partial charge in [-0.3, -0.25) is 4.79 Å². The molecular formula is C14H10O3. The van der Waals surface area contributed by atoms with E-state index < -0.39 is 5.97 Å². The zero-order valence-electron chi connectivity index (χ0n) is 8.96. The van der Waals surface area contributed by atoms with E-state index in [1.165, 1.54) is 6.08 Å². The molecule has 0 aliphatic heterocycles. The molecule has 0 aromatic heterocycles. The molecule has 17 heavy (non-hydrogen) atoms. The van der Waals surface area contributed by atoms with Crippen molar-refractivity contribution in [1.82, 2.24) is 0 Å². The lowest BCUT2D eigenvalue weighted by Gasteiger charge is -2.05. The standard InChI is InChI=1S/C14H10O3/c15-9-3-5-10-4-1-7-12-11(10)6-2-8-13(12)14(16)17/h1-9H,(H,16,17). The van der Waals surface area contributed by atoms with E-state index in [-0.39, 0.29) is 5.56 Å². The number of aldehydes is 1. The van der Waals surface area contributed by atoms with Crippen molar-refractivity contribution in [3.63, 3.8) is 0 Å². The Morgan fingerprint density at radius 3 is 2.47 bits per heavy atom. The van der Waals surface area contributed by atoms with Crippen LogP contribution in [-0.4, -0.2) is 17.4 Å². The Hall–Kier alpha value is -2.42. The minimum atomic E-state index is -0.952. The molecule has 0 amide bonds. The topological polar surface area (TPSA) is 54.4 Å². The fourth-order valence-corrected chi connectivity index (χ4v) is 1.81. The second-order valence-corrected chi connectivity index (χ2v) is 3.55. The number of allylic oxidation sites excluding steroid dienone is 1. The molecule has 0 bridgehead atoms. The van der Waals surface area contributed by atoms with Crippen molar-refractivity contribution in [2.24, 2.45) is 0 Å². The van der Waals surface area contributed by atoms with Crippen molar-refractivity contribution in [3.8, 4) is 0 Å². The Morgan fingerprint density at radius 1 is 1.06 bits per heavy atom. The third-order valence-corrected chi connectivity index (χ3v) is 2.54. The average Bonchev–Trinajstić information content (AvgIpc) is 2.35. The van der Waals surface area contributed by atoms with E-state index in [0.29, 0.717) is 11.7 Å². The third kappa shape index (κ3) is 2.08. The summed E-state index contributed by atoms with van der Waals surface area (Å²) < 4.78 is 0. The molecule has 0 fully saturated rings. The first kappa shape index (κ1) is 11.1. The van der Waals surface area contributed by atoms with Crippen LogP contribution in [0.2, 0.25) is 0 Å². The predicted octanol–water partition coefficient (Wildman–Crippen LogP) is 2.75. The summed E-state index contributed by atoms with van der Waals surface area (Å²) in [7, 11) is 0. The first-order valence-corrected chi connectivity index (χ1v) is 5.11. The molecule has 84 valence electrons. The van der Waals surface area contributed by atoms with Crippen molar-refractivity contribution in [1.29, 1.82) is 0 Å². The number of hydrogen-bond donors (Lipinski definition) is 1. The van der Waals surface area contributed by atoms with Crippen LogP contribution in [0.5, 0.6) is 0 Å². The number of carbonyl (C=O) groups excluding carboxylic acids is 1. The third-order valence-electron chi connectivity index (χ3n) is 2.54. The molecule has 0 aliphatic carbocycles.